The van der Waals surface area contributed by atoms with Crippen LogP contribution in [0.3, 0.4) is 0 Å². The quantitative estimate of drug-likeness (QED) is 0.842. The maximum Gasteiger partial charge on any atom is 0.244 e. The molecule has 128 valence electrons. The van der Waals surface area contributed by atoms with Crippen LogP contribution >= 0.6 is 11.3 Å². The molecule has 3 heterocycles. The molecule has 1 saturated heterocycles. The summed E-state index contributed by atoms with van der Waals surface area (Å²) in [6.07, 6.45) is 5.29. The Morgan fingerprint density at radius 1 is 1.29 bits per heavy atom. The molecule has 1 aliphatic heterocycles. The van der Waals surface area contributed by atoms with Crippen LogP contribution in [0.1, 0.15) is 36.6 Å². The van der Waals surface area contributed by atoms with Gasteiger partial charge >= 0.3 is 0 Å². The first-order chi connectivity index (χ1) is 11.7. The predicted octanol–water partition coefficient (Wildman–Crippen LogP) is 1.66. The van der Waals surface area contributed by atoms with Gasteiger partial charge in [-0.1, -0.05) is 5.21 Å². The summed E-state index contributed by atoms with van der Waals surface area (Å²) < 4.78 is 1.68. The zero-order valence-electron chi connectivity index (χ0n) is 13.9. The number of carbonyl (C=O) groups excluding carboxylic acids is 1. The van der Waals surface area contributed by atoms with Crippen molar-refractivity contribution in [1.29, 1.82) is 0 Å². The van der Waals surface area contributed by atoms with Gasteiger partial charge in [0.25, 0.3) is 0 Å². The van der Waals surface area contributed by atoms with Crippen LogP contribution < -0.4 is 4.90 Å². The van der Waals surface area contributed by atoms with E-state index in [4.69, 9.17) is 0 Å². The lowest BCUT2D eigenvalue weighted by molar-refractivity contribution is -0.131. The Morgan fingerprint density at radius 2 is 2.17 bits per heavy atom. The summed E-state index contributed by atoms with van der Waals surface area (Å²) in [5, 5.41) is 11.4. The normalized spacial score (nSPS) is 18.7. The van der Waals surface area contributed by atoms with E-state index in [1.54, 1.807) is 16.0 Å². The Morgan fingerprint density at radius 3 is 2.92 bits per heavy atom. The summed E-state index contributed by atoms with van der Waals surface area (Å²) >= 11 is 1.68. The largest absolute Gasteiger partial charge is 0.346 e. The van der Waals surface area contributed by atoms with Crippen LogP contribution in [0.4, 0.5) is 5.13 Å². The van der Waals surface area contributed by atoms with Crippen molar-refractivity contribution in [2.45, 2.75) is 38.6 Å². The number of amides is 1. The molecule has 2 aliphatic rings. The fraction of sp³-hybridized carbons (Fsp3) is 0.625. The van der Waals surface area contributed by atoms with Gasteiger partial charge in [0, 0.05) is 43.7 Å². The Kier molecular flexibility index (Phi) is 4.22. The minimum atomic E-state index is 0.124. The Hall–Kier alpha value is -1.96. The summed E-state index contributed by atoms with van der Waals surface area (Å²) in [6.45, 7) is 5.62. The molecule has 0 spiro atoms. The van der Waals surface area contributed by atoms with Crippen molar-refractivity contribution in [3.63, 3.8) is 0 Å². The summed E-state index contributed by atoms with van der Waals surface area (Å²) in [5.41, 5.74) is 2.09. The van der Waals surface area contributed by atoms with Gasteiger partial charge < -0.3 is 9.80 Å². The highest BCUT2D eigenvalue weighted by Gasteiger charge is 2.27. The van der Waals surface area contributed by atoms with E-state index in [9.17, 15) is 4.79 Å². The van der Waals surface area contributed by atoms with Gasteiger partial charge in [-0.2, -0.15) is 0 Å². The molecule has 1 saturated carbocycles. The first kappa shape index (κ1) is 15.6. The minimum absolute atomic E-state index is 0.124. The molecule has 2 aromatic rings. The number of hydrogen-bond acceptors (Lipinski definition) is 6. The average Bonchev–Trinajstić information content (AvgIpc) is 3.25. The number of anilines is 1. The Balaban J connectivity index is 1.34. The van der Waals surface area contributed by atoms with E-state index >= 15 is 0 Å². The van der Waals surface area contributed by atoms with Crippen LogP contribution in [0.5, 0.6) is 0 Å². The number of thiazole rings is 1. The second-order valence-electron chi connectivity index (χ2n) is 6.61. The van der Waals surface area contributed by atoms with E-state index in [0.29, 0.717) is 5.92 Å². The first-order valence-electron chi connectivity index (χ1n) is 8.54. The fourth-order valence-electron chi connectivity index (χ4n) is 3.04. The van der Waals surface area contributed by atoms with Crippen molar-refractivity contribution < 1.29 is 4.79 Å². The molecular weight excluding hydrogens is 324 g/mol. The van der Waals surface area contributed by atoms with Crippen molar-refractivity contribution in [3.8, 4) is 0 Å². The van der Waals surface area contributed by atoms with Gasteiger partial charge in [0.2, 0.25) is 5.91 Å². The number of hydrogen-bond donors (Lipinski definition) is 0. The molecule has 0 atom stereocenters. The Labute approximate surface area is 145 Å². The van der Waals surface area contributed by atoms with Gasteiger partial charge in [-0.05, 0) is 26.2 Å². The molecule has 0 N–H and O–H groups in total. The maximum absolute atomic E-state index is 12.6. The summed E-state index contributed by atoms with van der Waals surface area (Å²) in [4.78, 5) is 21.4. The number of carbonyl (C=O) groups is 1. The summed E-state index contributed by atoms with van der Waals surface area (Å²) in [7, 11) is 0. The average molecular weight is 346 g/mol. The maximum atomic E-state index is 12.6. The van der Waals surface area contributed by atoms with Crippen LogP contribution in [0, 0.1) is 6.92 Å². The molecule has 0 aromatic carbocycles. The molecular formula is C16H22N6OS. The highest BCUT2D eigenvalue weighted by Crippen LogP contribution is 2.38. The lowest BCUT2D eigenvalue weighted by Gasteiger charge is -2.21. The lowest BCUT2D eigenvalue weighted by Crippen LogP contribution is -2.37. The van der Waals surface area contributed by atoms with Gasteiger partial charge in [-0.15, -0.1) is 16.4 Å². The van der Waals surface area contributed by atoms with Gasteiger partial charge in [-0.3, -0.25) is 4.79 Å². The molecule has 7 nitrogen and oxygen atoms in total. The second kappa shape index (κ2) is 6.51. The third kappa shape index (κ3) is 3.43. The van der Waals surface area contributed by atoms with E-state index in [1.165, 1.54) is 12.8 Å². The van der Waals surface area contributed by atoms with Crippen molar-refractivity contribution in [2.75, 3.05) is 31.1 Å². The number of aryl methyl sites for hydroxylation is 1. The van der Waals surface area contributed by atoms with Gasteiger partial charge in [0.1, 0.15) is 6.54 Å². The molecule has 1 amide bonds. The van der Waals surface area contributed by atoms with Crippen LogP contribution in [0.25, 0.3) is 0 Å². The van der Waals surface area contributed by atoms with Gasteiger partial charge in [0.05, 0.1) is 11.4 Å². The van der Waals surface area contributed by atoms with Crippen LogP contribution in [-0.2, 0) is 11.3 Å². The predicted molar refractivity (Wildman–Crippen MR) is 92.3 cm³/mol. The molecule has 0 unspecified atom stereocenters. The summed E-state index contributed by atoms with van der Waals surface area (Å²) in [6, 6.07) is 0. The van der Waals surface area contributed by atoms with Gasteiger partial charge in [0.15, 0.2) is 5.13 Å². The topological polar surface area (TPSA) is 67.2 Å². The Bertz CT molecular complexity index is 722. The highest BCUT2D eigenvalue weighted by atomic mass is 32.1. The highest BCUT2D eigenvalue weighted by molar-refractivity contribution is 7.13. The number of rotatable bonds is 4. The molecule has 1 aliphatic carbocycles. The third-order valence-corrected chi connectivity index (χ3v) is 5.59. The second-order valence-corrected chi connectivity index (χ2v) is 7.44. The van der Waals surface area contributed by atoms with Crippen LogP contribution in [0.15, 0.2) is 11.6 Å². The minimum Gasteiger partial charge on any atom is -0.346 e. The standard InChI is InChI=1S/C16H22N6OS/c1-12-11-24-16(17-12)21-6-2-5-20(7-8-21)15(23)10-22-9-14(18-19-22)13-3-4-13/h9,11,13H,2-8,10H2,1H3. The smallest absolute Gasteiger partial charge is 0.244 e. The van der Waals surface area contributed by atoms with E-state index in [-0.39, 0.29) is 12.5 Å². The molecule has 0 radical (unpaired) electrons. The van der Waals surface area contributed by atoms with Crippen LogP contribution in [0.2, 0.25) is 0 Å². The molecule has 0 bridgehead atoms. The molecule has 24 heavy (non-hydrogen) atoms. The molecule has 2 aromatic heterocycles. The SMILES string of the molecule is Cc1csc(N2CCCN(C(=O)Cn3cc(C4CC4)nn3)CC2)n1. The fourth-order valence-corrected chi connectivity index (χ4v) is 3.90. The van der Waals surface area contributed by atoms with Crippen LogP contribution in [-0.4, -0.2) is 57.0 Å². The van der Waals surface area contributed by atoms with Crippen molar-refractivity contribution in [1.82, 2.24) is 24.9 Å². The van der Waals surface area contributed by atoms with Crippen molar-refractivity contribution in [2.24, 2.45) is 0 Å². The van der Waals surface area contributed by atoms with E-state index < -0.39 is 0 Å². The summed E-state index contributed by atoms with van der Waals surface area (Å²) in [5.74, 6) is 0.696. The van der Waals surface area contributed by atoms with Crippen molar-refractivity contribution >= 4 is 22.4 Å². The zero-order valence-corrected chi connectivity index (χ0v) is 14.7. The number of nitrogens with zero attached hydrogens (tertiary/aromatic N) is 6. The van der Waals surface area contributed by atoms with E-state index in [1.807, 2.05) is 18.0 Å². The van der Waals surface area contributed by atoms with E-state index in [2.05, 4.69) is 25.6 Å². The third-order valence-electron chi connectivity index (χ3n) is 4.58. The van der Waals surface area contributed by atoms with Gasteiger partial charge in [-0.25, -0.2) is 9.67 Å². The lowest BCUT2D eigenvalue weighted by atomic mass is 10.3. The first-order valence-corrected chi connectivity index (χ1v) is 9.42. The molecule has 4 rings (SSSR count). The monoisotopic (exact) mass is 346 g/mol. The number of aromatic nitrogens is 4. The van der Waals surface area contributed by atoms with E-state index in [0.717, 1.165) is 49.1 Å². The molecule has 8 heteroatoms. The molecule has 2 fully saturated rings. The van der Waals surface area contributed by atoms with Crippen molar-refractivity contribution in [3.05, 3.63) is 23.0 Å². The zero-order chi connectivity index (χ0) is 16.5.